The van der Waals surface area contributed by atoms with Gasteiger partial charge >= 0.3 is 5.63 Å². The number of aryl methyl sites for hydroxylation is 2. The minimum atomic E-state index is -0.416. The molecule has 0 aliphatic carbocycles. The van der Waals surface area contributed by atoms with Crippen molar-refractivity contribution in [2.75, 3.05) is 0 Å². The third-order valence-corrected chi connectivity index (χ3v) is 3.48. The Bertz CT molecular complexity index is 839. The Balaban J connectivity index is 2.45. The van der Waals surface area contributed by atoms with Crippen molar-refractivity contribution in [1.29, 1.82) is 0 Å². The molecule has 0 aliphatic heterocycles. The van der Waals surface area contributed by atoms with Crippen LogP contribution in [0.5, 0.6) is 5.75 Å². The van der Waals surface area contributed by atoms with Crippen LogP contribution >= 0.6 is 0 Å². The molecule has 0 saturated heterocycles. The lowest BCUT2D eigenvalue weighted by molar-refractivity contribution is 0.473. The van der Waals surface area contributed by atoms with E-state index in [4.69, 9.17) is 4.42 Å². The summed E-state index contributed by atoms with van der Waals surface area (Å²) in [7, 11) is 0. The van der Waals surface area contributed by atoms with E-state index < -0.39 is 5.63 Å². The van der Waals surface area contributed by atoms with Crippen molar-refractivity contribution < 1.29 is 9.52 Å². The summed E-state index contributed by atoms with van der Waals surface area (Å²) in [5, 5.41) is 10.3. The Kier molecular flexibility index (Phi) is 2.83. The molecule has 100 valence electrons. The molecular weight excluding hydrogens is 252 g/mol. The Hall–Kier alpha value is -2.55. The minimum Gasteiger partial charge on any atom is -0.508 e. The molecule has 20 heavy (non-hydrogen) atoms. The van der Waals surface area contributed by atoms with Crippen LogP contribution in [-0.2, 0) is 0 Å². The molecule has 2 aromatic carbocycles. The molecule has 1 heterocycles. The third-order valence-electron chi connectivity index (χ3n) is 3.48. The molecular formula is C17H14O3. The third kappa shape index (κ3) is 1.97. The highest BCUT2D eigenvalue weighted by molar-refractivity contribution is 5.95. The molecule has 1 N–H and O–H groups in total. The molecule has 3 nitrogen and oxygen atoms in total. The summed E-state index contributed by atoms with van der Waals surface area (Å²) in [5.74, 6) is 0.0827. The minimum absolute atomic E-state index is 0.0827. The second-order valence-corrected chi connectivity index (χ2v) is 4.93. The van der Waals surface area contributed by atoms with Gasteiger partial charge in [0.1, 0.15) is 11.3 Å². The van der Waals surface area contributed by atoms with Gasteiger partial charge in [-0.25, -0.2) is 4.79 Å². The van der Waals surface area contributed by atoms with Crippen LogP contribution in [0.4, 0.5) is 0 Å². The summed E-state index contributed by atoms with van der Waals surface area (Å²) in [6.07, 6.45) is 0. The topological polar surface area (TPSA) is 50.4 Å². The van der Waals surface area contributed by atoms with Gasteiger partial charge in [0.25, 0.3) is 0 Å². The van der Waals surface area contributed by atoms with Crippen molar-refractivity contribution in [3.8, 4) is 16.9 Å². The van der Waals surface area contributed by atoms with Gasteiger partial charge in [-0.05, 0) is 42.7 Å². The number of fused-ring (bicyclic) bond motifs is 1. The van der Waals surface area contributed by atoms with Gasteiger partial charge in [0.05, 0.1) is 0 Å². The first-order chi connectivity index (χ1) is 9.56. The molecule has 0 radical (unpaired) electrons. The van der Waals surface area contributed by atoms with Gasteiger partial charge in [0.15, 0.2) is 0 Å². The molecule has 1 aromatic heterocycles. The standard InChI is InChI=1S/C17H14O3/c1-10-4-3-5-11(2)17(10)14-9-16(19)20-15-8-12(18)6-7-13(14)15/h3-9,18H,1-2H3. The lowest BCUT2D eigenvalue weighted by Gasteiger charge is -2.11. The monoisotopic (exact) mass is 266 g/mol. The largest absolute Gasteiger partial charge is 0.508 e. The number of hydrogen-bond acceptors (Lipinski definition) is 3. The maximum absolute atomic E-state index is 11.8. The van der Waals surface area contributed by atoms with Gasteiger partial charge in [0, 0.05) is 23.1 Å². The van der Waals surface area contributed by atoms with E-state index >= 15 is 0 Å². The maximum Gasteiger partial charge on any atom is 0.336 e. The van der Waals surface area contributed by atoms with E-state index in [2.05, 4.69) is 0 Å². The average molecular weight is 266 g/mol. The SMILES string of the molecule is Cc1cccc(C)c1-c1cc(=O)oc2cc(O)ccc12. The Morgan fingerprint density at radius 1 is 1.00 bits per heavy atom. The quantitative estimate of drug-likeness (QED) is 0.682. The summed E-state index contributed by atoms with van der Waals surface area (Å²) in [6.45, 7) is 4.03. The summed E-state index contributed by atoms with van der Waals surface area (Å²) in [6, 6.07) is 12.4. The van der Waals surface area contributed by atoms with E-state index in [1.54, 1.807) is 12.1 Å². The van der Waals surface area contributed by atoms with Crippen LogP contribution in [0.2, 0.25) is 0 Å². The number of phenolic OH excluding ortho intramolecular Hbond substituents is 1. The Labute approximate surface area is 116 Å². The number of hydrogen-bond donors (Lipinski definition) is 1. The number of benzene rings is 2. The predicted molar refractivity (Wildman–Crippen MR) is 79.1 cm³/mol. The van der Waals surface area contributed by atoms with E-state index in [1.165, 1.54) is 12.1 Å². The average Bonchev–Trinajstić information content (AvgIpc) is 2.37. The summed E-state index contributed by atoms with van der Waals surface area (Å²) >= 11 is 0. The van der Waals surface area contributed by atoms with E-state index in [0.717, 1.165) is 27.6 Å². The van der Waals surface area contributed by atoms with E-state index in [0.29, 0.717) is 5.58 Å². The van der Waals surface area contributed by atoms with Crippen LogP contribution in [0.25, 0.3) is 22.1 Å². The van der Waals surface area contributed by atoms with Crippen molar-refractivity contribution in [2.45, 2.75) is 13.8 Å². The fraction of sp³-hybridized carbons (Fsp3) is 0.118. The molecule has 3 heteroatoms. The Morgan fingerprint density at radius 2 is 1.70 bits per heavy atom. The highest BCUT2D eigenvalue weighted by Gasteiger charge is 2.12. The molecule has 0 saturated carbocycles. The molecule has 0 amide bonds. The van der Waals surface area contributed by atoms with E-state index in [-0.39, 0.29) is 5.75 Å². The number of phenols is 1. The van der Waals surface area contributed by atoms with Gasteiger partial charge in [-0.3, -0.25) is 0 Å². The van der Waals surface area contributed by atoms with Gasteiger partial charge in [0.2, 0.25) is 0 Å². The number of rotatable bonds is 1. The fourth-order valence-corrected chi connectivity index (χ4v) is 2.60. The maximum atomic E-state index is 11.8. The van der Waals surface area contributed by atoms with Crippen LogP contribution in [0, 0.1) is 13.8 Å². The van der Waals surface area contributed by atoms with E-state index in [1.807, 2.05) is 32.0 Å². The Morgan fingerprint density at radius 3 is 2.40 bits per heavy atom. The van der Waals surface area contributed by atoms with Gasteiger partial charge in [-0.15, -0.1) is 0 Å². The molecule has 0 atom stereocenters. The summed E-state index contributed by atoms with van der Waals surface area (Å²) in [4.78, 5) is 11.8. The van der Waals surface area contributed by atoms with Crippen molar-refractivity contribution in [3.05, 3.63) is 64.0 Å². The normalized spacial score (nSPS) is 10.9. The zero-order valence-corrected chi connectivity index (χ0v) is 11.3. The highest BCUT2D eigenvalue weighted by atomic mass is 16.4. The second-order valence-electron chi connectivity index (χ2n) is 4.93. The van der Waals surface area contributed by atoms with Crippen LogP contribution in [0.3, 0.4) is 0 Å². The van der Waals surface area contributed by atoms with Gasteiger partial charge < -0.3 is 9.52 Å². The van der Waals surface area contributed by atoms with Crippen LogP contribution in [-0.4, -0.2) is 5.11 Å². The zero-order valence-electron chi connectivity index (χ0n) is 11.3. The van der Waals surface area contributed by atoms with Crippen LogP contribution < -0.4 is 5.63 Å². The van der Waals surface area contributed by atoms with Crippen molar-refractivity contribution in [1.82, 2.24) is 0 Å². The van der Waals surface area contributed by atoms with Crippen molar-refractivity contribution >= 4 is 11.0 Å². The first-order valence-electron chi connectivity index (χ1n) is 6.40. The molecule has 0 fully saturated rings. The summed E-state index contributed by atoms with van der Waals surface area (Å²) in [5.41, 5.74) is 4.06. The molecule has 3 rings (SSSR count). The van der Waals surface area contributed by atoms with Crippen LogP contribution in [0.15, 0.2) is 51.7 Å². The lowest BCUT2D eigenvalue weighted by Crippen LogP contribution is -1.99. The van der Waals surface area contributed by atoms with Gasteiger partial charge in [-0.1, -0.05) is 18.2 Å². The number of aromatic hydroxyl groups is 1. The van der Waals surface area contributed by atoms with Crippen LogP contribution in [0.1, 0.15) is 11.1 Å². The molecule has 0 spiro atoms. The first-order valence-corrected chi connectivity index (χ1v) is 6.40. The van der Waals surface area contributed by atoms with Crippen molar-refractivity contribution in [2.24, 2.45) is 0 Å². The smallest absolute Gasteiger partial charge is 0.336 e. The summed E-state index contributed by atoms with van der Waals surface area (Å²) < 4.78 is 5.17. The van der Waals surface area contributed by atoms with E-state index in [9.17, 15) is 9.90 Å². The second kappa shape index (κ2) is 4.53. The van der Waals surface area contributed by atoms with Crippen molar-refractivity contribution in [3.63, 3.8) is 0 Å². The predicted octanol–water partition coefficient (Wildman–Crippen LogP) is 3.78. The lowest BCUT2D eigenvalue weighted by atomic mass is 9.94. The molecule has 0 bridgehead atoms. The first kappa shape index (κ1) is 12.5. The highest BCUT2D eigenvalue weighted by Crippen LogP contribution is 2.33. The molecule has 0 unspecified atom stereocenters. The zero-order chi connectivity index (χ0) is 14.3. The fourth-order valence-electron chi connectivity index (χ4n) is 2.60. The molecule has 0 aliphatic rings. The molecule has 3 aromatic rings. The van der Waals surface area contributed by atoms with Gasteiger partial charge in [-0.2, -0.15) is 0 Å².